The van der Waals surface area contributed by atoms with Crippen LogP contribution in [0.4, 0.5) is 0 Å². The molecule has 0 spiro atoms. The maximum atomic E-state index is 12.4. The number of rotatable bonds is 1. The summed E-state index contributed by atoms with van der Waals surface area (Å²) < 4.78 is 1.11. The summed E-state index contributed by atoms with van der Waals surface area (Å²) in [6.45, 7) is 1.92. The summed E-state index contributed by atoms with van der Waals surface area (Å²) in [6, 6.07) is 10.4. The highest BCUT2D eigenvalue weighted by Gasteiger charge is 2.35. The number of hydrogen-bond donors (Lipinski definition) is 1. The Bertz CT molecular complexity index is 725. The van der Waals surface area contributed by atoms with Crippen molar-refractivity contribution in [3.05, 3.63) is 55.9 Å². The smallest absolute Gasteiger partial charge is 0.161 e. The van der Waals surface area contributed by atoms with Crippen LogP contribution in [0.5, 0.6) is 0 Å². The van der Waals surface area contributed by atoms with E-state index < -0.39 is 0 Å². The number of hydrogen-bond acceptors (Lipinski definition) is 3. The van der Waals surface area contributed by atoms with Gasteiger partial charge in [0, 0.05) is 27.0 Å². The molecule has 0 aromatic heterocycles. The number of allylic oxidation sites excluding steroid dienone is 4. The van der Waals surface area contributed by atoms with Gasteiger partial charge in [-0.2, -0.15) is 5.26 Å². The van der Waals surface area contributed by atoms with E-state index in [1.807, 2.05) is 25.1 Å². The van der Waals surface area contributed by atoms with Crippen molar-refractivity contribution in [2.24, 2.45) is 0 Å². The third-order valence-corrected chi connectivity index (χ3v) is 4.75. The van der Waals surface area contributed by atoms with Crippen LogP contribution < -0.4 is 5.32 Å². The monoisotopic (exact) mass is 390 g/mol. The maximum absolute atomic E-state index is 12.4. The first-order valence-electron chi connectivity index (χ1n) is 7.01. The fourth-order valence-electron chi connectivity index (χ4n) is 3.15. The largest absolute Gasteiger partial charge is 0.361 e. The number of dihydropyridines is 1. The Morgan fingerprint density at radius 1 is 1.38 bits per heavy atom. The zero-order valence-corrected chi connectivity index (χ0v) is 13.9. The van der Waals surface area contributed by atoms with Crippen LogP contribution in [-0.4, -0.2) is 5.78 Å². The molecule has 4 heteroatoms. The minimum atomic E-state index is -0.214. The SMILES string of the molecule is CC1=C(C#N)C(c2cccc(I)c2)C2=C(CCCC2=O)N1. The number of Topliss-reactive ketones (excluding diaryl/α,β-unsaturated/α-hetero) is 1. The molecule has 1 unspecified atom stereocenters. The van der Waals surface area contributed by atoms with Crippen LogP contribution in [-0.2, 0) is 4.79 Å². The van der Waals surface area contributed by atoms with Crippen molar-refractivity contribution in [1.82, 2.24) is 5.32 Å². The first-order valence-corrected chi connectivity index (χ1v) is 8.09. The van der Waals surface area contributed by atoms with E-state index in [9.17, 15) is 10.1 Å². The summed E-state index contributed by atoms with van der Waals surface area (Å²) in [4.78, 5) is 12.4. The first-order chi connectivity index (χ1) is 10.1. The van der Waals surface area contributed by atoms with Gasteiger partial charge in [-0.3, -0.25) is 4.79 Å². The van der Waals surface area contributed by atoms with E-state index in [-0.39, 0.29) is 11.7 Å². The number of benzene rings is 1. The molecule has 1 aromatic rings. The third kappa shape index (κ3) is 2.51. The fourth-order valence-corrected chi connectivity index (χ4v) is 3.72. The molecule has 21 heavy (non-hydrogen) atoms. The zero-order chi connectivity index (χ0) is 15.0. The molecule has 0 bridgehead atoms. The highest BCUT2D eigenvalue weighted by Crippen LogP contribution is 2.41. The zero-order valence-electron chi connectivity index (χ0n) is 11.7. The number of nitrogens with zero attached hydrogens (tertiary/aromatic N) is 1. The second kappa shape index (κ2) is 5.64. The van der Waals surface area contributed by atoms with Gasteiger partial charge in [-0.1, -0.05) is 12.1 Å². The van der Waals surface area contributed by atoms with Crippen LogP contribution >= 0.6 is 22.6 Å². The molecule has 1 atom stereocenters. The normalized spacial score (nSPS) is 21.8. The van der Waals surface area contributed by atoms with E-state index in [1.165, 1.54) is 0 Å². The molecule has 1 aliphatic carbocycles. The molecule has 0 saturated heterocycles. The van der Waals surface area contributed by atoms with E-state index >= 15 is 0 Å². The summed E-state index contributed by atoms with van der Waals surface area (Å²) in [5.74, 6) is -0.0402. The number of nitriles is 1. The molecule has 1 aromatic carbocycles. The first kappa shape index (κ1) is 14.3. The molecule has 106 valence electrons. The summed E-state index contributed by atoms with van der Waals surface area (Å²) >= 11 is 2.26. The van der Waals surface area contributed by atoms with Crippen molar-refractivity contribution in [2.75, 3.05) is 0 Å². The lowest BCUT2D eigenvalue weighted by molar-refractivity contribution is -0.116. The van der Waals surface area contributed by atoms with E-state index in [1.54, 1.807) is 0 Å². The summed E-state index contributed by atoms with van der Waals surface area (Å²) in [5.41, 5.74) is 4.36. The van der Waals surface area contributed by atoms with Crippen LogP contribution in [0.25, 0.3) is 0 Å². The molecular formula is C17H15IN2O. The molecule has 3 nitrogen and oxygen atoms in total. The molecule has 0 saturated carbocycles. The number of halogens is 1. The Kier molecular flexibility index (Phi) is 3.85. The average Bonchev–Trinajstić information content (AvgIpc) is 2.46. The third-order valence-electron chi connectivity index (χ3n) is 4.08. The maximum Gasteiger partial charge on any atom is 0.161 e. The Balaban J connectivity index is 2.20. The van der Waals surface area contributed by atoms with E-state index in [0.29, 0.717) is 12.0 Å². The van der Waals surface area contributed by atoms with Gasteiger partial charge in [0.25, 0.3) is 0 Å². The number of carbonyl (C=O) groups is 1. The predicted molar refractivity (Wildman–Crippen MR) is 89.2 cm³/mol. The van der Waals surface area contributed by atoms with Crippen LogP contribution in [0.2, 0.25) is 0 Å². The summed E-state index contributed by atoms with van der Waals surface area (Å²) in [7, 11) is 0. The molecule has 3 rings (SSSR count). The second-order valence-corrected chi connectivity index (χ2v) is 6.68. The van der Waals surface area contributed by atoms with Gasteiger partial charge in [-0.25, -0.2) is 0 Å². The van der Waals surface area contributed by atoms with Crippen molar-refractivity contribution in [2.45, 2.75) is 32.1 Å². The molecular weight excluding hydrogens is 375 g/mol. The standard InChI is InChI=1S/C17H15IN2O/c1-10-13(9-19)16(11-4-2-5-12(18)8-11)17-14(20-10)6-3-7-15(17)21/h2,4-5,8,16,20H,3,6-7H2,1H3. The Morgan fingerprint density at radius 2 is 2.19 bits per heavy atom. The molecule has 1 heterocycles. The lowest BCUT2D eigenvalue weighted by Crippen LogP contribution is -2.31. The van der Waals surface area contributed by atoms with Crippen LogP contribution in [0, 0.1) is 14.9 Å². The molecule has 0 amide bonds. The van der Waals surface area contributed by atoms with Gasteiger partial charge in [0.05, 0.1) is 17.6 Å². The Morgan fingerprint density at radius 3 is 2.90 bits per heavy atom. The van der Waals surface area contributed by atoms with E-state index in [2.05, 4.69) is 40.0 Å². The average molecular weight is 390 g/mol. The van der Waals surface area contributed by atoms with Gasteiger partial charge in [0.1, 0.15) is 0 Å². The van der Waals surface area contributed by atoms with Crippen molar-refractivity contribution < 1.29 is 4.79 Å². The molecule has 2 aliphatic rings. The summed E-state index contributed by atoms with van der Waals surface area (Å²) in [5, 5.41) is 12.8. The Labute approximate surface area is 137 Å². The van der Waals surface area contributed by atoms with Crippen molar-refractivity contribution in [1.29, 1.82) is 5.26 Å². The molecule has 0 fully saturated rings. The lowest BCUT2D eigenvalue weighted by Gasteiger charge is -2.32. The van der Waals surface area contributed by atoms with Gasteiger partial charge in [-0.05, 0) is 60.1 Å². The number of ketones is 1. The van der Waals surface area contributed by atoms with Crippen LogP contribution in [0.1, 0.15) is 37.7 Å². The van der Waals surface area contributed by atoms with E-state index in [0.717, 1.165) is 38.9 Å². The predicted octanol–water partition coefficient (Wildman–Crippen LogP) is 3.78. The molecule has 1 N–H and O–H groups in total. The topological polar surface area (TPSA) is 52.9 Å². The quantitative estimate of drug-likeness (QED) is 0.743. The van der Waals surface area contributed by atoms with E-state index in [4.69, 9.17) is 0 Å². The van der Waals surface area contributed by atoms with Gasteiger partial charge in [-0.15, -0.1) is 0 Å². The number of nitrogens with one attached hydrogen (secondary N) is 1. The van der Waals surface area contributed by atoms with Gasteiger partial charge >= 0.3 is 0 Å². The Hall–Kier alpha value is -1.61. The van der Waals surface area contributed by atoms with Crippen LogP contribution in [0.3, 0.4) is 0 Å². The number of carbonyl (C=O) groups excluding carboxylic acids is 1. The molecule has 0 radical (unpaired) electrons. The lowest BCUT2D eigenvalue weighted by atomic mass is 9.76. The minimum absolute atomic E-state index is 0.174. The van der Waals surface area contributed by atoms with Crippen molar-refractivity contribution in [3.8, 4) is 6.07 Å². The van der Waals surface area contributed by atoms with Crippen LogP contribution in [0.15, 0.2) is 46.8 Å². The van der Waals surface area contributed by atoms with Gasteiger partial charge < -0.3 is 5.32 Å². The minimum Gasteiger partial charge on any atom is -0.361 e. The summed E-state index contributed by atoms with van der Waals surface area (Å²) in [6.07, 6.45) is 2.36. The van der Waals surface area contributed by atoms with Crippen molar-refractivity contribution in [3.63, 3.8) is 0 Å². The van der Waals surface area contributed by atoms with Gasteiger partial charge in [0.2, 0.25) is 0 Å². The molecule has 1 aliphatic heterocycles. The van der Waals surface area contributed by atoms with Gasteiger partial charge in [0.15, 0.2) is 5.78 Å². The second-order valence-electron chi connectivity index (χ2n) is 5.43. The van der Waals surface area contributed by atoms with Crippen molar-refractivity contribution >= 4 is 28.4 Å². The highest BCUT2D eigenvalue weighted by atomic mass is 127. The highest BCUT2D eigenvalue weighted by molar-refractivity contribution is 14.1. The fraction of sp³-hybridized carbons (Fsp3) is 0.294.